The second-order valence-electron chi connectivity index (χ2n) is 8.43. The maximum Gasteiger partial charge on any atom is 0.312 e. The van der Waals surface area contributed by atoms with Crippen LogP contribution in [0.5, 0.6) is 5.75 Å². The molecule has 6 rings (SSSR count). The van der Waals surface area contributed by atoms with Gasteiger partial charge in [-0.05, 0) is 68.2 Å². The zero-order chi connectivity index (χ0) is 17.9. The number of hydrogen-bond donors (Lipinski definition) is 2. The van der Waals surface area contributed by atoms with Crippen molar-refractivity contribution in [1.82, 2.24) is 0 Å². The van der Waals surface area contributed by atoms with Crippen molar-refractivity contribution >= 4 is 23.6 Å². The van der Waals surface area contributed by atoms with E-state index in [-0.39, 0.29) is 5.60 Å². The minimum absolute atomic E-state index is 0.190. The number of aliphatic carboxylic acids is 1. The van der Waals surface area contributed by atoms with Crippen molar-refractivity contribution in [3.8, 4) is 5.75 Å². The number of carboxylic acids is 1. The number of ether oxygens (including phenoxy) is 1. The van der Waals surface area contributed by atoms with Crippen molar-refractivity contribution in [2.45, 2.75) is 44.1 Å². The summed E-state index contributed by atoms with van der Waals surface area (Å²) >= 11 is 0. The van der Waals surface area contributed by atoms with Crippen LogP contribution < -0.4 is 10.1 Å². The third kappa shape index (κ3) is 2.37. The van der Waals surface area contributed by atoms with Gasteiger partial charge in [-0.15, -0.1) is 0 Å². The Kier molecular flexibility index (Phi) is 3.43. The quantitative estimate of drug-likeness (QED) is 0.813. The van der Waals surface area contributed by atoms with E-state index in [0.717, 1.165) is 23.1 Å². The number of hydrogen-bond acceptors (Lipinski definition) is 3. The van der Waals surface area contributed by atoms with E-state index in [2.05, 4.69) is 17.5 Å². The van der Waals surface area contributed by atoms with Crippen LogP contribution in [-0.2, 0) is 9.59 Å². The molecule has 136 valence electrons. The number of amides is 1. The van der Waals surface area contributed by atoms with Crippen molar-refractivity contribution < 1.29 is 19.4 Å². The van der Waals surface area contributed by atoms with Crippen LogP contribution in [0.3, 0.4) is 0 Å². The molecule has 1 aromatic rings. The Hall–Kier alpha value is -2.30. The Morgan fingerprint density at radius 2 is 1.81 bits per heavy atom. The fraction of sp³-hybridized carbons (Fsp3) is 0.524. The van der Waals surface area contributed by atoms with Crippen molar-refractivity contribution in [1.29, 1.82) is 0 Å². The van der Waals surface area contributed by atoms with Gasteiger partial charge >= 0.3 is 5.97 Å². The molecule has 0 aromatic heterocycles. The minimum Gasteiger partial charge on any atom is -0.482 e. The molecule has 2 N–H and O–H groups in total. The lowest BCUT2D eigenvalue weighted by Crippen LogP contribution is -2.60. The summed E-state index contributed by atoms with van der Waals surface area (Å²) < 4.78 is 6.65. The predicted molar refractivity (Wildman–Crippen MR) is 96.8 cm³/mol. The third-order valence-electron chi connectivity index (χ3n) is 6.86. The number of carbonyl (C=O) groups excluding carboxylic acids is 1. The molecule has 5 nitrogen and oxygen atoms in total. The van der Waals surface area contributed by atoms with Gasteiger partial charge in [0, 0.05) is 17.4 Å². The number of carboxylic acid groups (broad SMARTS) is 1. The van der Waals surface area contributed by atoms with Crippen molar-refractivity contribution in [3.63, 3.8) is 0 Å². The minimum atomic E-state index is -1.13. The van der Waals surface area contributed by atoms with Crippen LogP contribution in [-0.4, -0.2) is 22.6 Å². The first-order valence-corrected chi connectivity index (χ1v) is 9.56. The smallest absolute Gasteiger partial charge is 0.312 e. The highest BCUT2D eigenvalue weighted by Crippen LogP contribution is 2.61. The first kappa shape index (κ1) is 15.9. The molecular weight excluding hydrogens is 330 g/mol. The van der Waals surface area contributed by atoms with Gasteiger partial charge in [0.25, 0.3) is 0 Å². The van der Waals surface area contributed by atoms with E-state index in [9.17, 15) is 9.59 Å². The Bertz CT molecular complexity index is 784. The standard InChI is InChI=1S/C21H23NO4/c23-19(11-20(24)25)22-17-2-1-3-18-16(17)4-5-21(26-18)14-7-12-6-13(9-14)10-15(21)8-12/h1-5,12-15H,6-11H2,(H,22,23)(H,24,25). The third-order valence-corrected chi connectivity index (χ3v) is 6.86. The number of anilines is 1. The van der Waals surface area contributed by atoms with Crippen LogP contribution >= 0.6 is 0 Å². The first-order valence-electron chi connectivity index (χ1n) is 9.56. The SMILES string of the molecule is O=C(O)CC(=O)Nc1cccc2c1C=CC1(O2)C2CC3CC(C2)CC1C3. The van der Waals surface area contributed by atoms with Gasteiger partial charge < -0.3 is 15.2 Å². The lowest BCUT2D eigenvalue weighted by molar-refractivity contribution is -0.139. The fourth-order valence-electron chi connectivity index (χ4n) is 6.04. The molecule has 1 amide bonds. The second kappa shape index (κ2) is 5.60. The van der Waals surface area contributed by atoms with E-state index in [4.69, 9.17) is 9.84 Å². The maximum absolute atomic E-state index is 11.8. The summed E-state index contributed by atoms with van der Waals surface area (Å²) in [6.45, 7) is 0. The Labute approximate surface area is 152 Å². The molecule has 4 fully saturated rings. The molecule has 4 aliphatic carbocycles. The van der Waals surface area contributed by atoms with Crippen LogP contribution in [0.1, 0.15) is 44.1 Å². The van der Waals surface area contributed by atoms with Gasteiger partial charge in [0.15, 0.2) is 0 Å². The molecule has 1 heterocycles. The zero-order valence-corrected chi connectivity index (χ0v) is 14.6. The van der Waals surface area contributed by atoms with Gasteiger partial charge in [0.1, 0.15) is 17.8 Å². The summed E-state index contributed by atoms with van der Waals surface area (Å²) in [7, 11) is 0. The van der Waals surface area contributed by atoms with E-state index in [1.165, 1.54) is 32.1 Å². The molecule has 0 unspecified atom stereocenters. The molecule has 1 aliphatic heterocycles. The van der Waals surface area contributed by atoms with Crippen molar-refractivity contribution in [2.75, 3.05) is 5.32 Å². The predicted octanol–water partition coefficient (Wildman–Crippen LogP) is 3.70. The number of carbonyl (C=O) groups is 2. The molecule has 0 atom stereocenters. The molecule has 0 radical (unpaired) electrons. The molecule has 1 aromatic carbocycles. The number of fused-ring (bicyclic) bond motifs is 1. The summed E-state index contributed by atoms with van der Waals surface area (Å²) in [6.07, 6.45) is 10.2. The van der Waals surface area contributed by atoms with Gasteiger partial charge in [-0.2, -0.15) is 0 Å². The summed E-state index contributed by atoms with van der Waals surface area (Å²) in [4.78, 5) is 22.6. The van der Waals surface area contributed by atoms with Crippen LogP contribution in [0.2, 0.25) is 0 Å². The molecule has 4 saturated carbocycles. The average Bonchev–Trinajstić information content (AvgIpc) is 2.58. The van der Waals surface area contributed by atoms with Crippen molar-refractivity contribution in [2.24, 2.45) is 23.7 Å². The Morgan fingerprint density at radius 1 is 1.12 bits per heavy atom. The van der Waals surface area contributed by atoms with Crippen LogP contribution in [0.4, 0.5) is 5.69 Å². The van der Waals surface area contributed by atoms with Gasteiger partial charge in [-0.25, -0.2) is 0 Å². The normalized spacial score (nSPS) is 35.8. The molecule has 5 aliphatic rings. The molecule has 0 saturated heterocycles. The second-order valence-corrected chi connectivity index (χ2v) is 8.43. The lowest BCUT2D eigenvalue weighted by atomic mass is 9.49. The summed E-state index contributed by atoms with van der Waals surface area (Å²) in [5.41, 5.74) is 1.26. The summed E-state index contributed by atoms with van der Waals surface area (Å²) in [5.74, 6) is 2.09. The highest BCUT2D eigenvalue weighted by atomic mass is 16.5. The van der Waals surface area contributed by atoms with Gasteiger partial charge in [-0.1, -0.05) is 6.07 Å². The number of nitrogens with one attached hydrogen (secondary N) is 1. The zero-order valence-electron chi connectivity index (χ0n) is 14.6. The number of benzene rings is 1. The van der Waals surface area contributed by atoms with Crippen molar-refractivity contribution in [3.05, 3.63) is 29.8 Å². The average molecular weight is 353 g/mol. The topological polar surface area (TPSA) is 75.6 Å². The molecular formula is C21H23NO4. The first-order chi connectivity index (χ1) is 12.5. The maximum atomic E-state index is 11.8. The molecule has 5 heteroatoms. The fourth-order valence-corrected chi connectivity index (χ4v) is 6.04. The monoisotopic (exact) mass is 353 g/mol. The van der Waals surface area contributed by atoms with E-state index < -0.39 is 18.3 Å². The Morgan fingerprint density at radius 3 is 2.46 bits per heavy atom. The number of rotatable bonds is 3. The van der Waals surface area contributed by atoms with Crippen LogP contribution in [0.25, 0.3) is 6.08 Å². The highest BCUT2D eigenvalue weighted by Gasteiger charge is 2.58. The molecule has 1 spiro atoms. The van der Waals surface area contributed by atoms with E-state index in [1.54, 1.807) is 6.07 Å². The van der Waals surface area contributed by atoms with Gasteiger partial charge in [0.2, 0.25) is 5.91 Å². The summed E-state index contributed by atoms with van der Waals surface area (Å²) in [6, 6.07) is 5.61. The van der Waals surface area contributed by atoms with E-state index in [1.807, 2.05) is 12.1 Å². The van der Waals surface area contributed by atoms with Gasteiger partial charge in [0.05, 0.1) is 5.69 Å². The molecule has 26 heavy (non-hydrogen) atoms. The molecule has 4 bridgehead atoms. The van der Waals surface area contributed by atoms with Crippen LogP contribution in [0, 0.1) is 23.7 Å². The van der Waals surface area contributed by atoms with Crippen LogP contribution in [0.15, 0.2) is 24.3 Å². The highest BCUT2D eigenvalue weighted by molar-refractivity contribution is 6.02. The lowest BCUT2D eigenvalue weighted by Gasteiger charge is -2.60. The van der Waals surface area contributed by atoms with E-state index in [0.29, 0.717) is 17.5 Å². The largest absolute Gasteiger partial charge is 0.482 e. The van der Waals surface area contributed by atoms with E-state index >= 15 is 0 Å². The summed E-state index contributed by atoms with van der Waals surface area (Å²) in [5, 5.41) is 11.5. The Balaban J connectivity index is 1.44. The van der Waals surface area contributed by atoms with Gasteiger partial charge in [-0.3, -0.25) is 9.59 Å².